The fourth-order valence-electron chi connectivity index (χ4n) is 8.63. The summed E-state index contributed by atoms with van der Waals surface area (Å²) in [5.41, 5.74) is 15.8. The standard InChI is InChI=1S/C55H34N2O3/c1-3-10-35(11-4-1)36-18-25-41(26-19-36)57(43-29-22-38(23-30-43)44-15-9-17-48-52(44)45-14-7-8-16-47(45)58-48)42-27-20-37(21-28-42)40-24-31-46-51(34-40)59-49-32-33-50-54(53(46)49)56-55(60-50)39-12-5-2-6-13-39/h1-34H. The number of hydrogen-bond donors (Lipinski definition) is 0. The van der Waals surface area contributed by atoms with Crippen molar-refractivity contribution < 1.29 is 13.3 Å². The van der Waals surface area contributed by atoms with Crippen molar-refractivity contribution in [2.45, 2.75) is 0 Å². The second-order valence-electron chi connectivity index (χ2n) is 15.1. The van der Waals surface area contributed by atoms with Crippen LogP contribution in [-0.4, -0.2) is 4.98 Å². The smallest absolute Gasteiger partial charge is 0.227 e. The predicted molar refractivity (Wildman–Crippen MR) is 245 cm³/mol. The van der Waals surface area contributed by atoms with Crippen LogP contribution in [0.5, 0.6) is 0 Å². The Bertz CT molecular complexity index is 3510. The van der Waals surface area contributed by atoms with Gasteiger partial charge in [0.05, 0.1) is 5.39 Å². The molecule has 9 aromatic carbocycles. The third-order valence-corrected chi connectivity index (χ3v) is 11.5. The molecule has 0 amide bonds. The molecule has 12 aromatic rings. The van der Waals surface area contributed by atoms with Gasteiger partial charge in [0.2, 0.25) is 5.89 Å². The van der Waals surface area contributed by atoms with Crippen molar-refractivity contribution in [3.63, 3.8) is 0 Å². The lowest BCUT2D eigenvalue weighted by molar-refractivity contribution is 0.619. The number of furan rings is 2. The highest BCUT2D eigenvalue weighted by molar-refractivity contribution is 6.17. The number of fused-ring (bicyclic) bond motifs is 8. The van der Waals surface area contributed by atoms with E-state index in [0.717, 1.165) is 99.9 Å². The summed E-state index contributed by atoms with van der Waals surface area (Å²) < 4.78 is 18.9. The molecule has 0 aliphatic rings. The summed E-state index contributed by atoms with van der Waals surface area (Å²) in [6.45, 7) is 0. The molecule has 3 heterocycles. The van der Waals surface area contributed by atoms with Crippen LogP contribution in [0.3, 0.4) is 0 Å². The van der Waals surface area contributed by atoms with E-state index in [4.69, 9.17) is 18.2 Å². The third kappa shape index (κ3) is 5.67. The Kier molecular flexibility index (Phi) is 7.78. The van der Waals surface area contributed by atoms with E-state index in [9.17, 15) is 0 Å². The normalized spacial score (nSPS) is 11.7. The molecule has 12 rings (SSSR count). The quantitative estimate of drug-likeness (QED) is 0.162. The first-order chi connectivity index (χ1) is 29.7. The summed E-state index contributed by atoms with van der Waals surface area (Å²) in [7, 11) is 0. The average molecular weight is 771 g/mol. The van der Waals surface area contributed by atoms with Gasteiger partial charge < -0.3 is 18.2 Å². The first-order valence-corrected chi connectivity index (χ1v) is 20.1. The molecule has 0 radical (unpaired) electrons. The van der Waals surface area contributed by atoms with Crippen LogP contribution < -0.4 is 4.90 Å². The zero-order valence-corrected chi connectivity index (χ0v) is 32.2. The first-order valence-electron chi connectivity index (χ1n) is 20.1. The van der Waals surface area contributed by atoms with E-state index in [1.807, 2.05) is 60.7 Å². The Labute approximate surface area is 345 Å². The second kappa shape index (κ2) is 13.8. The average Bonchev–Trinajstić information content (AvgIpc) is 4.04. The largest absolute Gasteiger partial charge is 0.456 e. The summed E-state index contributed by atoms with van der Waals surface area (Å²) in [5, 5.41) is 4.23. The highest BCUT2D eigenvalue weighted by Gasteiger charge is 2.19. The zero-order chi connectivity index (χ0) is 39.6. The molecule has 5 heteroatoms. The molecular formula is C55H34N2O3. The Morgan fingerprint density at radius 1 is 0.317 bits per heavy atom. The van der Waals surface area contributed by atoms with Gasteiger partial charge in [-0.15, -0.1) is 0 Å². The molecule has 0 aliphatic carbocycles. The lowest BCUT2D eigenvalue weighted by atomic mass is 9.99. The van der Waals surface area contributed by atoms with Gasteiger partial charge in [-0.3, -0.25) is 0 Å². The maximum atomic E-state index is 6.44. The van der Waals surface area contributed by atoms with Gasteiger partial charge >= 0.3 is 0 Å². The predicted octanol–water partition coefficient (Wildman–Crippen LogP) is 15.8. The molecule has 0 spiro atoms. The molecule has 0 saturated heterocycles. The van der Waals surface area contributed by atoms with E-state index in [2.05, 4.69) is 150 Å². The van der Waals surface area contributed by atoms with Crippen molar-refractivity contribution in [1.82, 2.24) is 4.98 Å². The van der Waals surface area contributed by atoms with Crippen LogP contribution in [0.1, 0.15) is 0 Å². The monoisotopic (exact) mass is 770 g/mol. The number of rotatable bonds is 7. The van der Waals surface area contributed by atoms with Crippen LogP contribution in [0.25, 0.3) is 99.8 Å². The zero-order valence-electron chi connectivity index (χ0n) is 32.2. The van der Waals surface area contributed by atoms with Crippen molar-refractivity contribution in [3.05, 3.63) is 206 Å². The molecule has 0 unspecified atom stereocenters. The number of hydrogen-bond acceptors (Lipinski definition) is 5. The van der Waals surface area contributed by atoms with Gasteiger partial charge in [0, 0.05) is 38.8 Å². The van der Waals surface area contributed by atoms with Crippen molar-refractivity contribution >= 4 is 72.0 Å². The molecular weight excluding hydrogens is 737 g/mol. The number of benzene rings is 9. The minimum Gasteiger partial charge on any atom is -0.456 e. The lowest BCUT2D eigenvalue weighted by Crippen LogP contribution is -2.09. The number of para-hydroxylation sites is 1. The van der Waals surface area contributed by atoms with Crippen LogP contribution in [0.15, 0.2) is 220 Å². The van der Waals surface area contributed by atoms with E-state index < -0.39 is 0 Å². The van der Waals surface area contributed by atoms with Gasteiger partial charge in [0.15, 0.2) is 5.58 Å². The molecule has 0 aliphatic heterocycles. The van der Waals surface area contributed by atoms with Crippen LogP contribution in [0.4, 0.5) is 17.1 Å². The van der Waals surface area contributed by atoms with Gasteiger partial charge in [-0.05, 0) is 118 Å². The summed E-state index contributed by atoms with van der Waals surface area (Å²) in [6.07, 6.45) is 0. The van der Waals surface area contributed by atoms with Crippen molar-refractivity contribution in [3.8, 4) is 44.8 Å². The number of aromatic nitrogens is 1. The fraction of sp³-hybridized carbons (Fsp3) is 0. The van der Waals surface area contributed by atoms with E-state index in [1.54, 1.807) is 0 Å². The molecule has 3 aromatic heterocycles. The first kappa shape index (κ1) is 33.9. The van der Waals surface area contributed by atoms with Crippen LogP contribution in [0, 0.1) is 0 Å². The maximum Gasteiger partial charge on any atom is 0.227 e. The number of anilines is 3. The van der Waals surface area contributed by atoms with Crippen LogP contribution in [-0.2, 0) is 0 Å². The number of oxazole rings is 1. The third-order valence-electron chi connectivity index (χ3n) is 11.5. The van der Waals surface area contributed by atoms with Crippen molar-refractivity contribution in [2.24, 2.45) is 0 Å². The molecule has 5 nitrogen and oxygen atoms in total. The maximum absolute atomic E-state index is 6.44. The van der Waals surface area contributed by atoms with E-state index in [1.165, 1.54) is 11.1 Å². The Morgan fingerprint density at radius 3 is 1.55 bits per heavy atom. The summed E-state index contributed by atoms with van der Waals surface area (Å²) in [4.78, 5) is 7.23. The van der Waals surface area contributed by atoms with Crippen molar-refractivity contribution in [1.29, 1.82) is 0 Å². The molecule has 0 fully saturated rings. The van der Waals surface area contributed by atoms with Crippen LogP contribution in [0.2, 0.25) is 0 Å². The van der Waals surface area contributed by atoms with Gasteiger partial charge in [0.1, 0.15) is 27.8 Å². The minimum absolute atomic E-state index is 0.599. The summed E-state index contributed by atoms with van der Waals surface area (Å²) in [5.74, 6) is 0.599. The van der Waals surface area contributed by atoms with Gasteiger partial charge in [0.25, 0.3) is 0 Å². The Hall–Kier alpha value is -8.15. The van der Waals surface area contributed by atoms with Crippen LogP contribution >= 0.6 is 0 Å². The molecule has 282 valence electrons. The van der Waals surface area contributed by atoms with E-state index in [-0.39, 0.29) is 0 Å². The highest BCUT2D eigenvalue weighted by atomic mass is 16.4. The highest BCUT2D eigenvalue weighted by Crippen LogP contribution is 2.42. The SMILES string of the molecule is c1ccc(-c2ccc(N(c3ccc(-c4ccc5c(c4)oc4ccc6oc(-c7ccccc7)nc6c45)cc3)c3ccc(-c4cccc5oc6ccccc6c45)cc3)cc2)cc1. The molecule has 0 saturated carbocycles. The topological polar surface area (TPSA) is 55.6 Å². The van der Waals surface area contributed by atoms with E-state index in [0.29, 0.717) is 5.89 Å². The second-order valence-corrected chi connectivity index (χ2v) is 15.1. The minimum atomic E-state index is 0.599. The molecule has 0 atom stereocenters. The molecule has 0 bridgehead atoms. The Morgan fingerprint density at radius 2 is 0.833 bits per heavy atom. The van der Waals surface area contributed by atoms with Gasteiger partial charge in [-0.25, -0.2) is 4.98 Å². The molecule has 60 heavy (non-hydrogen) atoms. The summed E-state index contributed by atoms with van der Waals surface area (Å²) in [6, 6.07) is 71.8. The number of nitrogens with zero attached hydrogens (tertiary/aromatic N) is 2. The lowest BCUT2D eigenvalue weighted by Gasteiger charge is -2.26. The van der Waals surface area contributed by atoms with Crippen molar-refractivity contribution in [2.75, 3.05) is 4.90 Å². The fourth-order valence-corrected chi connectivity index (χ4v) is 8.63. The van der Waals surface area contributed by atoms with Gasteiger partial charge in [-0.1, -0.05) is 121 Å². The molecule has 0 N–H and O–H groups in total. The van der Waals surface area contributed by atoms with E-state index >= 15 is 0 Å². The van der Waals surface area contributed by atoms with Gasteiger partial charge in [-0.2, -0.15) is 0 Å². The Balaban J connectivity index is 0.911. The summed E-state index contributed by atoms with van der Waals surface area (Å²) >= 11 is 0.